The van der Waals surface area contributed by atoms with Crippen LogP contribution in [0, 0.1) is 0 Å². The van der Waals surface area contributed by atoms with Gasteiger partial charge in [-0.1, -0.05) is 13.0 Å². The fourth-order valence-corrected chi connectivity index (χ4v) is 1.54. The lowest BCUT2D eigenvalue weighted by Crippen LogP contribution is -2.36. The molecule has 1 N–H and O–H groups in total. The zero-order valence-electron chi connectivity index (χ0n) is 11.6. The molecule has 0 aromatic carbocycles. The van der Waals surface area contributed by atoms with E-state index in [1.807, 2.05) is 25.4 Å². The molecular formula is C13H22N4O. The number of pyridine rings is 1. The van der Waals surface area contributed by atoms with Crippen molar-refractivity contribution < 1.29 is 4.79 Å². The Morgan fingerprint density at radius 2 is 2.11 bits per heavy atom. The van der Waals surface area contributed by atoms with Crippen LogP contribution in [0.4, 0.5) is 5.82 Å². The molecule has 0 atom stereocenters. The second kappa shape index (κ2) is 6.96. The van der Waals surface area contributed by atoms with E-state index < -0.39 is 0 Å². The van der Waals surface area contributed by atoms with Gasteiger partial charge in [-0.3, -0.25) is 9.69 Å². The van der Waals surface area contributed by atoms with E-state index in [4.69, 9.17) is 0 Å². The van der Waals surface area contributed by atoms with Crippen LogP contribution in [-0.2, 0) is 11.3 Å². The summed E-state index contributed by atoms with van der Waals surface area (Å²) in [5.41, 5.74) is 1.11. The third-order valence-corrected chi connectivity index (χ3v) is 2.79. The summed E-state index contributed by atoms with van der Waals surface area (Å²) < 4.78 is 0. The molecule has 1 heterocycles. The SMILES string of the molecule is CCN(CC(=O)N(C)C)Cc1ccc(NC)nc1. The van der Waals surface area contributed by atoms with Gasteiger partial charge >= 0.3 is 0 Å². The fraction of sp³-hybridized carbons (Fsp3) is 0.538. The Morgan fingerprint density at radius 3 is 2.56 bits per heavy atom. The van der Waals surface area contributed by atoms with Gasteiger partial charge < -0.3 is 10.2 Å². The number of nitrogens with zero attached hydrogens (tertiary/aromatic N) is 3. The van der Waals surface area contributed by atoms with Crippen molar-refractivity contribution in [2.75, 3.05) is 39.5 Å². The molecule has 0 spiro atoms. The molecule has 100 valence electrons. The number of hydrogen-bond donors (Lipinski definition) is 1. The highest BCUT2D eigenvalue weighted by atomic mass is 16.2. The fourth-order valence-electron chi connectivity index (χ4n) is 1.54. The van der Waals surface area contributed by atoms with Gasteiger partial charge in [0.1, 0.15) is 5.82 Å². The molecule has 0 unspecified atom stereocenters. The van der Waals surface area contributed by atoms with Crippen LogP contribution in [0.15, 0.2) is 18.3 Å². The van der Waals surface area contributed by atoms with Crippen LogP contribution < -0.4 is 5.32 Å². The summed E-state index contributed by atoms with van der Waals surface area (Å²) in [4.78, 5) is 19.6. The summed E-state index contributed by atoms with van der Waals surface area (Å²) in [5, 5.41) is 2.98. The molecule has 1 amide bonds. The van der Waals surface area contributed by atoms with Gasteiger partial charge in [0, 0.05) is 33.9 Å². The van der Waals surface area contributed by atoms with Crippen molar-refractivity contribution in [1.29, 1.82) is 0 Å². The van der Waals surface area contributed by atoms with Gasteiger partial charge in [-0.25, -0.2) is 4.98 Å². The molecule has 5 nitrogen and oxygen atoms in total. The number of anilines is 1. The molecule has 0 bridgehead atoms. The Morgan fingerprint density at radius 1 is 1.39 bits per heavy atom. The summed E-state index contributed by atoms with van der Waals surface area (Å²) in [6, 6.07) is 3.97. The van der Waals surface area contributed by atoms with Gasteiger partial charge in [0.05, 0.1) is 6.54 Å². The zero-order chi connectivity index (χ0) is 13.5. The molecule has 1 aromatic rings. The lowest BCUT2D eigenvalue weighted by molar-refractivity contribution is -0.130. The number of rotatable bonds is 6. The van der Waals surface area contributed by atoms with Crippen molar-refractivity contribution in [3.8, 4) is 0 Å². The Kier molecular flexibility index (Phi) is 5.58. The first kappa shape index (κ1) is 14.4. The lowest BCUT2D eigenvalue weighted by atomic mass is 10.2. The van der Waals surface area contributed by atoms with Gasteiger partial charge in [0.2, 0.25) is 5.91 Å². The normalized spacial score (nSPS) is 10.5. The summed E-state index contributed by atoms with van der Waals surface area (Å²) in [6.07, 6.45) is 1.84. The van der Waals surface area contributed by atoms with E-state index in [-0.39, 0.29) is 5.91 Å². The Bertz CT molecular complexity index is 375. The molecular weight excluding hydrogens is 228 g/mol. The third kappa shape index (κ3) is 4.33. The van der Waals surface area contributed by atoms with Crippen LogP contribution in [0.3, 0.4) is 0 Å². The van der Waals surface area contributed by atoms with Crippen molar-refractivity contribution in [1.82, 2.24) is 14.8 Å². The summed E-state index contributed by atoms with van der Waals surface area (Å²) in [7, 11) is 5.40. The molecule has 1 rings (SSSR count). The molecule has 0 aliphatic carbocycles. The first-order valence-electron chi connectivity index (χ1n) is 6.12. The highest BCUT2D eigenvalue weighted by Gasteiger charge is 2.11. The molecule has 0 saturated carbocycles. The number of likely N-dealkylation sites (N-methyl/N-ethyl adjacent to an activating group) is 2. The number of nitrogens with one attached hydrogen (secondary N) is 1. The maximum Gasteiger partial charge on any atom is 0.236 e. The standard InChI is InChI=1S/C13H22N4O/c1-5-17(10-13(18)16(3)4)9-11-6-7-12(14-2)15-8-11/h6-8H,5,9-10H2,1-4H3,(H,14,15). The molecule has 0 aliphatic rings. The van der Waals surface area contributed by atoms with E-state index in [1.54, 1.807) is 19.0 Å². The van der Waals surface area contributed by atoms with Crippen molar-refractivity contribution in [3.05, 3.63) is 23.9 Å². The average Bonchev–Trinajstić information content (AvgIpc) is 2.38. The second-order valence-corrected chi connectivity index (χ2v) is 4.39. The molecule has 0 aliphatic heterocycles. The topological polar surface area (TPSA) is 48.5 Å². The predicted octanol–water partition coefficient (Wildman–Crippen LogP) is 1.03. The molecule has 5 heteroatoms. The van der Waals surface area contributed by atoms with Crippen molar-refractivity contribution in [2.45, 2.75) is 13.5 Å². The quantitative estimate of drug-likeness (QED) is 0.819. The number of aromatic nitrogens is 1. The molecule has 0 radical (unpaired) electrons. The number of hydrogen-bond acceptors (Lipinski definition) is 4. The van der Waals surface area contributed by atoms with E-state index >= 15 is 0 Å². The third-order valence-electron chi connectivity index (χ3n) is 2.79. The van der Waals surface area contributed by atoms with Gasteiger partial charge in [-0.05, 0) is 18.2 Å². The van der Waals surface area contributed by atoms with Crippen molar-refractivity contribution in [3.63, 3.8) is 0 Å². The highest BCUT2D eigenvalue weighted by Crippen LogP contribution is 2.07. The first-order chi connectivity index (χ1) is 8.56. The minimum Gasteiger partial charge on any atom is -0.373 e. The molecule has 1 aromatic heterocycles. The van der Waals surface area contributed by atoms with Crippen molar-refractivity contribution in [2.24, 2.45) is 0 Å². The van der Waals surface area contributed by atoms with E-state index in [2.05, 4.69) is 22.1 Å². The van der Waals surface area contributed by atoms with Gasteiger partial charge in [0.25, 0.3) is 0 Å². The Labute approximate surface area is 109 Å². The van der Waals surface area contributed by atoms with Crippen LogP contribution in [0.2, 0.25) is 0 Å². The zero-order valence-corrected chi connectivity index (χ0v) is 11.6. The van der Waals surface area contributed by atoms with E-state index in [1.165, 1.54) is 0 Å². The monoisotopic (exact) mass is 250 g/mol. The second-order valence-electron chi connectivity index (χ2n) is 4.39. The predicted molar refractivity (Wildman–Crippen MR) is 73.4 cm³/mol. The van der Waals surface area contributed by atoms with Crippen LogP contribution in [0.5, 0.6) is 0 Å². The largest absolute Gasteiger partial charge is 0.373 e. The van der Waals surface area contributed by atoms with Crippen LogP contribution in [0.25, 0.3) is 0 Å². The minimum atomic E-state index is 0.122. The number of amides is 1. The number of carbonyl (C=O) groups is 1. The van der Waals surface area contributed by atoms with Gasteiger partial charge in [-0.15, -0.1) is 0 Å². The molecule has 18 heavy (non-hydrogen) atoms. The van der Waals surface area contributed by atoms with Gasteiger partial charge in [-0.2, -0.15) is 0 Å². The van der Waals surface area contributed by atoms with Crippen LogP contribution in [0.1, 0.15) is 12.5 Å². The smallest absolute Gasteiger partial charge is 0.236 e. The average molecular weight is 250 g/mol. The number of carbonyl (C=O) groups excluding carboxylic acids is 1. The summed E-state index contributed by atoms with van der Waals surface area (Å²) in [5.74, 6) is 0.975. The molecule has 0 saturated heterocycles. The maximum absolute atomic E-state index is 11.7. The van der Waals surface area contributed by atoms with E-state index in [0.29, 0.717) is 6.54 Å². The maximum atomic E-state index is 11.7. The molecule has 0 fully saturated rings. The first-order valence-corrected chi connectivity index (χ1v) is 6.12. The summed E-state index contributed by atoms with van der Waals surface area (Å²) >= 11 is 0. The Hall–Kier alpha value is -1.62. The van der Waals surface area contributed by atoms with E-state index in [0.717, 1.165) is 24.5 Å². The Balaban J connectivity index is 2.59. The lowest BCUT2D eigenvalue weighted by Gasteiger charge is -2.21. The van der Waals surface area contributed by atoms with E-state index in [9.17, 15) is 4.79 Å². The summed E-state index contributed by atoms with van der Waals surface area (Å²) in [6.45, 7) is 4.08. The minimum absolute atomic E-state index is 0.122. The van der Waals surface area contributed by atoms with Gasteiger partial charge in [0.15, 0.2) is 0 Å². The van der Waals surface area contributed by atoms with Crippen LogP contribution >= 0.6 is 0 Å². The highest BCUT2D eigenvalue weighted by molar-refractivity contribution is 5.77. The van der Waals surface area contributed by atoms with Crippen LogP contribution in [-0.4, -0.2) is 54.9 Å². The van der Waals surface area contributed by atoms with Crippen molar-refractivity contribution >= 4 is 11.7 Å².